The normalized spacial score (nSPS) is 10.4. The van der Waals surface area contributed by atoms with Crippen molar-refractivity contribution in [3.63, 3.8) is 0 Å². The Morgan fingerprint density at radius 2 is 1.88 bits per heavy atom. The van der Waals surface area contributed by atoms with Crippen LogP contribution >= 0.6 is 12.6 Å². The first-order valence-electron chi connectivity index (χ1n) is 5.40. The number of thiol groups is 1. The molecule has 2 aromatic rings. The predicted octanol–water partition coefficient (Wildman–Crippen LogP) is 2.68. The minimum atomic E-state index is -0.0325. The second kappa shape index (κ2) is 5.10. The molecule has 0 aliphatic heterocycles. The number of hydrogen-bond acceptors (Lipinski definition) is 3. The molecular formula is C13H14N2OS. The Morgan fingerprint density at radius 1 is 1.18 bits per heavy atom. The average molecular weight is 246 g/mol. The number of fused-ring (bicyclic) bond motifs is 1. The van der Waals surface area contributed by atoms with Gasteiger partial charge in [0.05, 0.1) is 0 Å². The molecule has 2 rings (SSSR count). The van der Waals surface area contributed by atoms with Crippen molar-refractivity contribution < 1.29 is 4.79 Å². The van der Waals surface area contributed by atoms with E-state index in [4.69, 9.17) is 5.73 Å². The van der Waals surface area contributed by atoms with Crippen LogP contribution in [0.5, 0.6) is 0 Å². The molecule has 3 nitrogen and oxygen atoms in total. The Balaban J connectivity index is 2.41. The van der Waals surface area contributed by atoms with Gasteiger partial charge >= 0.3 is 0 Å². The van der Waals surface area contributed by atoms with Crippen molar-refractivity contribution in [1.29, 1.82) is 0 Å². The van der Waals surface area contributed by atoms with Gasteiger partial charge in [-0.05, 0) is 17.9 Å². The molecule has 0 saturated heterocycles. The van der Waals surface area contributed by atoms with Gasteiger partial charge < -0.3 is 11.1 Å². The molecule has 88 valence electrons. The number of hydrogen-bond donors (Lipinski definition) is 3. The van der Waals surface area contributed by atoms with Gasteiger partial charge in [0, 0.05) is 28.6 Å². The molecule has 0 spiro atoms. The summed E-state index contributed by atoms with van der Waals surface area (Å²) in [4.78, 5) is 11.5. The summed E-state index contributed by atoms with van der Waals surface area (Å²) in [5.74, 6) is 0.508. The summed E-state index contributed by atoms with van der Waals surface area (Å²) >= 11 is 4.04. The zero-order chi connectivity index (χ0) is 12.3. The van der Waals surface area contributed by atoms with E-state index in [2.05, 4.69) is 17.9 Å². The van der Waals surface area contributed by atoms with E-state index in [1.54, 1.807) is 0 Å². The largest absolute Gasteiger partial charge is 0.398 e. The fourth-order valence-corrected chi connectivity index (χ4v) is 1.96. The van der Waals surface area contributed by atoms with Gasteiger partial charge in [0.15, 0.2) is 0 Å². The number of nitrogens with one attached hydrogen (secondary N) is 1. The topological polar surface area (TPSA) is 55.1 Å². The van der Waals surface area contributed by atoms with E-state index >= 15 is 0 Å². The molecule has 0 atom stereocenters. The first-order chi connectivity index (χ1) is 8.22. The van der Waals surface area contributed by atoms with Crippen LogP contribution in [0.1, 0.15) is 6.42 Å². The Labute approximate surface area is 105 Å². The molecule has 0 aliphatic rings. The summed E-state index contributed by atoms with van der Waals surface area (Å²) < 4.78 is 0. The highest BCUT2D eigenvalue weighted by atomic mass is 32.1. The summed E-state index contributed by atoms with van der Waals surface area (Å²) in [7, 11) is 0. The van der Waals surface area contributed by atoms with E-state index in [0.717, 1.165) is 16.5 Å². The van der Waals surface area contributed by atoms with Crippen LogP contribution in [-0.2, 0) is 4.79 Å². The molecule has 0 aliphatic carbocycles. The first-order valence-corrected chi connectivity index (χ1v) is 6.03. The summed E-state index contributed by atoms with van der Waals surface area (Å²) in [5.41, 5.74) is 7.40. The average Bonchev–Trinajstić information content (AvgIpc) is 2.31. The van der Waals surface area contributed by atoms with Gasteiger partial charge in [-0.3, -0.25) is 4.79 Å². The third kappa shape index (κ3) is 2.53. The molecular weight excluding hydrogens is 232 g/mol. The van der Waals surface area contributed by atoms with Crippen LogP contribution in [0.3, 0.4) is 0 Å². The second-order valence-corrected chi connectivity index (χ2v) is 4.22. The second-order valence-electron chi connectivity index (χ2n) is 3.77. The molecule has 0 fully saturated rings. The SMILES string of the molecule is Nc1cccc2c(NC(=O)CCS)cccc12. The highest BCUT2D eigenvalue weighted by Crippen LogP contribution is 2.27. The maximum atomic E-state index is 11.5. The van der Waals surface area contributed by atoms with E-state index in [1.807, 2.05) is 36.4 Å². The Bertz CT molecular complexity index is 554. The van der Waals surface area contributed by atoms with Crippen molar-refractivity contribution in [3.05, 3.63) is 36.4 Å². The van der Waals surface area contributed by atoms with Crippen LogP contribution in [0.2, 0.25) is 0 Å². The number of rotatable bonds is 3. The van der Waals surface area contributed by atoms with Gasteiger partial charge in [0.2, 0.25) is 5.91 Å². The highest BCUT2D eigenvalue weighted by molar-refractivity contribution is 7.80. The quantitative estimate of drug-likeness (QED) is 0.576. The van der Waals surface area contributed by atoms with Crippen molar-refractivity contribution in [2.24, 2.45) is 0 Å². The molecule has 0 heterocycles. The van der Waals surface area contributed by atoms with Gasteiger partial charge in [-0.15, -0.1) is 0 Å². The van der Waals surface area contributed by atoms with Crippen molar-refractivity contribution in [2.45, 2.75) is 6.42 Å². The predicted molar refractivity (Wildman–Crippen MR) is 75.5 cm³/mol. The van der Waals surface area contributed by atoms with E-state index in [9.17, 15) is 4.79 Å². The van der Waals surface area contributed by atoms with Gasteiger partial charge in [-0.1, -0.05) is 24.3 Å². The van der Waals surface area contributed by atoms with Crippen molar-refractivity contribution in [2.75, 3.05) is 16.8 Å². The van der Waals surface area contributed by atoms with Crippen LogP contribution in [0.4, 0.5) is 11.4 Å². The third-order valence-corrected chi connectivity index (χ3v) is 2.79. The molecule has 0 bridgehead atoms. The van der Waals surface area contributed by atoms with E-state index < -0.39 is 0 Å². The lowest BCUT2D eigenvalue weighted by atomic mass is 10.1. The number of nitrogens with two attached hydrogens (primary N) is 1. The lowest BCUT2D eigenvalue weighted by Crippen LogP contribution is -2.11. The fourth-order valence-electron chi connectivity index (χ4n) is 1.76. The molecule has 0 unspecified atom stereocenters. The Hall–Kier alpha value is -1.68. The number of carbonyl (C=O) groups is 1. The molecule has 2 aromatic carbocycles. The van der Waals surface area contributed by atoms with Gasteiger partial charge in [-0.25, -0.2) is 0 Å². The Morgan fingerprint density at radius 3 is 2.65 bits per heavy atom. The number of nitrogen functional groups attached to an aromatic ring is 1. The van der Waals surface area contributed by atoms with Crippen molar-refractivity contribution >= 4 is 40.7 Å². The molecule has 0 saturated carbocycles. The van der Waals surface area contributed by atoms with Crippen LogP contribution in [-0.4, -0.2) is 11.7 Å². The Kier molecular flexibility index (Phi) is 3.54. The third-order valence-electron chi connectivity index (χ3n) is 2.57. The number of amides is 1. The summed E-state index contributed by atoms with van der Waals surface area (Å²) in [6.07, 6.45) is 0.405. The summed E-state index contributed by atoms with van der Waals surface area (Å²) in [6.45, 7) is 0. The standard InChI is InChI=1S/C13H14N2OS/c14-11-5-1-4-10-9(11)3-2-6-12(10)15-13(16)7-8-17/h1-6,17H,7-8,14H2,(H,15,16). The zero-order valence-corrected chi connectivity index (χ0v) is 10.2. The zero-order valence-electron chi connectivity index (χ0n) is 9.31. The van der Waals surface area contributed by atoms with Crippen LogP contribution < -0.4 is 11.1 Å². The van der Waals surface area contributed by atoms with Gasteiger partial charge in [-0.2, -0.15) is 12.6 Å². The van der Waals surface area contributed by atoms with Crippen LogP contribution in [0, 0.1) is 0 Å². The highest BCUT2D eigenvalue weighted by Gasteiger charge is 2.05. The number of carbonyl (C=O) groups excluding carboxylic acids is 1. The minimum Gasteiger partial charge on any atom is -0.398 e. The monoisotopic (exact) mass is 246 g/mol. The molecule has 1 amide bonds. The molecule has 0 aromatic heterocycles. The fraction of sp³-hybridized carbons (Fsp3) is 0.154. The number of benzene rings is 2. The lowest BCUT2D eigenvalue weighted by molar-refractivity contribution is -0.115. The summed E-state index contributed by atoms with van der Waals surface area (Å²) in [6, 6.07) is 11.4. The minimum absolute atomic E-state index is 0.0325. The van der Waals surface area contributed by atoms with Crippen LogP contribution in [0.15, 0.2) is 36.4 Å². The van der Waals surface area contributed by atoms with E-state index in [-0.39, 0.29) is 5.91 Å². The molecule has 4 heteroatoms. The van der Waals surface area contributed by atoms with Crippen LogP contribution in [0.25, 0.3) is 10.8 Å². The van der Waals surface area contributed by atoms with Crippen molar-refractivity contribution in [1.82, 2.24) is 0 Å². The maximum Gasteiger partial charge on any atom is 0.225 e. The smallest absolute Gasteiger partial charge is 0.225 e. The van der Waals surface area contributed by atoms with E-state index in [0.29, 0.717) is 17.9 Å². The summed E-state index contributed by atoms with van der Waals surface area (Å²) in [5, 5.41) is 4.78. The molecule has 3 N–H and O–H groups in total. The van der Waals surface area contributed by atoms with Gasteiger partial charge in [0.25, 0.3) is 0 Å². The first kappa shape index (κ1) is 11.8. The molecule has 0 radical (unpaired) electrons. The van der Waals surface area contributed by atoms with E-state index in [1.165, 1.54) is 0 Å². The molecule has 17 heavy (non-hydrogen) atoms. The van der Waals surface area contributed by atoms with Gasteiger partial charge in [0.1, 0.15) is 0 Å². The lowest BCUT2D eigenvalue weighted by Gasteiger charge is -2.09. The van der Waals surface area contributed by atoms with Crippen molar-refractivity contribution in [3.8, 4) is 0 Å². The maximum absolute atomic E-state index is 11.5. The number of anilines is 2.